The normalized spacial score (nSPS) is 10.7. The number of aryl methyl sites for hydroxylation is 1. The lowest BCUT2D eigenvalue weighted by atomic mass is 10.2. The van der Waals surface area contributed by atoms with Crippen molar-refractivity contribution in [2.45, 2.75) is 20.4 Å². The summed E-state index contributed by atoms with van der Waals surface area (Å²) < 4.78 is 2.66. The third-order valence-electron chi connectivity index (χ3n) is 2.66. The van der Waals surface area contributed by atoms with Crippen molar-refractivity contribution in [2.24, 2.45) is 0 Å². The van der Waals surface area contributed by atoms with Gasteiger partial charge in [-0.2, -0.15) is 0 Å². The van der Waals surface area contributed by atoms with Gasteiger partial charge in [0.2, 0.25) is 0 Å². The van der Waals surface area contributed by atoms with E-state index < -0.39 is 0 Å². The minimum Gasteiger partial charge on any atom is -0.299 e. The van der Waals surface area contributed by atoms with Crippen LogP contribution in [0.3, 0.4) is 0 Å². The van der Waals surface area contributed by atoms with Crippen molar-refractivity contribution in [1.82, 2.24) is 9.78 Å². The Balaban J connectivity index is 2.34. The van der Waals surface area contributed by atoms with E-state index >= 15 is 0 Å². The number of aromatic nitrogens is 2. The predicted molar refractivity (Wildman–Crippen MR) is 67.8 cm³/mol. The van der Waals surface area contributed by atoms with Crippen LogP contribution in [0.1, 0.15) is 16.8 Å². The second-order valence-electron chi connectivity index (χ2n) is 3.88. The first-order chi connectivity index (χ1) is 7.58. The van der Waals surface area contributed by atoms with Crippen molar-refractivity contribution in [3.63, 3.8) is 0 Å². The zero-order chi connectivity index (χ0) is 11.7. The summed E-state index contributed by atoms with van der Waals surface area (Å²) in [5.41, 5.74) is 2.87. The molecule has 1 N–H and O–H groups in total. The maximum atomic E-state index is 11.8. The number of halogens is 1. The second kappa shape index (κ2) is 4.29. The molecule has 84 valence electrons. The van der Waals surface area contributed by atoms with Gasteiger partial charge in [-0.25, -0.2) is 4.68 Å². The number of nitrogens with one attached hydrogen (secondary N) is 1. The molecule has 16 heavy (non-hydrogen) atoms. The van der Waals surface area contributed by atoms with Crippen molar-refractivity contribution >= 4 is 15.9 Å². The Morgan fingerprint density at radius 2 is 2.12 bits per heavy atom. The van der Waals surface area contributed by atoms with Gasteiger partial charge in [-0.3, -0.25) is 9.89 Å². The van der Waals surface area contributed by atoms with Crippen LogP contribution in [0.5, 0.6) is 0 Å². The second-order valence-corrected chi connectivity index (χ2v) is 4.80. The molecule has 2 aromatic rings. The molecule has 1 heterocycles. The predicted octanol–water partition coefficient (Wildman–Crippen LogP) is 2.60. The lowest BCUT2D eigenvalue weighted by Crippen LogP contribution is -2.18. The van der Waals surface area contributed by atoms with Crippen LogP contribution in [0.4, 0.5) is 0 Å². The van der Waals surface area contributed by atoms with Crippen molar-refractivity contribution < 1.29 is 0 Å². The number of benzene rings is 1. The number of hydrogen-bond donors (Lipinski definition) is 1. The molecule has 1 aromatic carbocycles. The summed E-state index contributed by atoms with van der Waals surface area (Å²) in [6.07, 6.45) is 0. The van der Waals surface area contributed by atoms with E-state index in [0.29, 0.717) is 6.54 Å². The largest absolute Gasteiger partial charge is 0.299 e. The van der Waals surface area contributed by atoms with Crippen LogP contribution < -0.4 is 5.56 Å². The van der Waals surface area contributed by atoms with Gasteiger partial charge in [-0.05, 0) is 31.5 Å². The zero-order valence-corrected chi connectivity index (χ0v) is 10.8. The standard InChI is InChI=1S/C12H13BrN2O/c1-8-9(2)14-15(12(8)16)7-10-4-3-5-11(13)6-10/h3-6,14H,7H2,1-2H3. The third kappa shape index (κ3) is 2.11. The maximum Gasteiger partial charge on any atom is 0.269 e. The van der Waals surface area contributed by atoms with Gasteiger partial charge in [0, 0.05) is 15.7 Å². The summed E-state index contributed by atoms with van der Waals surface area (Å²) in [6, 6.07) is 7.95. The molecule has 4 heteroatoms. The van der Waals surface area contributed by atoms with Crippen LogP contribution >= 0.6 is 15.9 Å². The van der Waals surface area contributed by atoms with E-state index in [1.54, 1.807) is 4.68 Å². The maximum absolute atomic E-state index is 11.8. The smallest absolute Gasteiger partial charge is 0.269 e. The molecule has 1 aromatic heterocycles. The SMILES string of the molecule is Cc1[nH]n(Cc2cccc(Br)c2)c(=O)c1C. The minimum absolute atomic E-state index is 0.0532. The minimum atomic E-state index is 0.0532. The fraction of sp³-hybridized carbons (Fsp3) is 0.250. The van der Waals surface area contributed by atoms with Crippen LogP contribution in [0.25, 0.3) is 0 Å². The number of aromatic amines is 1. The van der Waals surface area contributed by atoms with Crippen LogP contribution in [0, 0.1) is 13.8 Å². The molecule has 0 aliphatic carbocycles. The molecule has 0 spiro atoms. The number of H-pyrrole nitrogens is 1. The van der Waals surface area contributed by atoms with E-state index in [4.69, 9.17) is 0 Å². The highest BCUT2D eigenvalue weighted by molar-refractivity contribution is 9.10. The number of rotatable bonds is 2. The quantitative estimate of drug-likeness (QED) is 0.902. The van der Waals surface area contributed by atoms with Crippen LogP contribution in [-0.4, -0.2) is 9.78 Å². The fourth-order valence-corrected chi connectivity index (χ4v) is 2.08. The van der Waals surface area contributed by atoms with Crippen molar-refractivity contribution in [1.29, 1.82) is 0 Å². The van der Waals surface area contributed by atoms with E-state index in [9.17, 15) is 4.79 Å². The van der Waals surface area contributed by atoms with Gasteiger partial charge in [0.1, 0.15) is 0 Å². The zero-order valence-electron chi connectivity index (χ0n) is 9.25. The average molecular weight is 281 g/mol. The molecule has 0 bridgehead atoms. The summed E-state index contributed by atoms with van der Waals surface area (Å²) in [7, 11) is 0. The highest BCUT2D eigenvalue weighted by Crippen LogP contribution is 2.12. The molecular weight excluding hydrogens is 268 g/mol. The molecule has 0 amide bonds. The third-order valence-corrected chi connectivity index (χ3v) is 3.15. The van der Waals surface area contributed by atoms with Gasteiger partial charge < -0.3 is 0 Å². The number of hydrogen-bond acceptors (Lipinski definition) is 1. The fourth-order valence-electron chi connectivity index (χ4n) is 1.63. The Kier molecular flexibility index (Phi) is 3.01. The summed E-state index contributed by atoms with van der Waals surface area (Å²) in [5, 5.41) is 3.07. The molecule has 3 nitrogen and oxygen atoms in total. The first kappa shape index (κ1) is 11.2. The first-order valence-electron chi connectivity index (χ1n) is 5.08. The molecule has 0 saturated carbocycles. The average Bonchev–Trinajstić information content (AvgIpc) is 2.47. The van der Waals surface area contributed by atoms with E-state index in [1.807, 2.05) is 38.1 Å². The summed E-state index contributed by atoms with van der Waals surface area (Å²) >= 11 is 3.42. The highest BCUT2D eigenvalue weighted by atomic mass is 79.9. The van der Waals surface area contributed by atoms with Crippen molar-refractivity contribution in [3.8, 4) is 0 Å². The van der Waals surface area contributed by atoms with Crippen LogP contribution in [-0.2, 0) is 6.54 Å². The summed E-state index contributed by atoms with van der Waals surface area (Å²) in [6.45, 7) is 4.33. The van der Waals surface area contributed by atoms with Gasteiger partial charge in [0.05, 0.1) is 6.54 Å². The first-order valence-corrected chi connectivity index (χ1v) is 5.87. The molecule has 0 aliphatic rings. The number of nitrogens with zero attached hydrogens (tertiary/aromatic N) is 1. The van der Waals surface area contributed by atoms with E-state index in [-0.39, 0.29) is 5.56 Å². The van der Waals surface area contributed by atoms with Crippen LogP contribution in [0.2, 0.25) is 0 Å². The van der Waals surface area contributed by atoms with Crippen molar-refractivity contribution in [2.75, 3.05) is 0 Å². The van der Waals surface area contributed by atoms with Gasteiger partial charge in [-0.15, -0.1) is 0 Å². The molecule has 2 rings (SSSR count). The van der Waals surface area contributed by atoms with Gasteiger partial charge in [0.25, 0.3) is 5.56 Å². The topological polar surface area (TPSA) is 37.8 Å². The van der Waals surface area contributed by atoms with Gasteiger partial charge >= 0.3 is 0 Å². The molecule has 0 atom stereocenters. The molecular formula is C12H13BrN2O. The molecule has 0 fully saturated rings. The van der Waals surface area contributed by atoms with E-state index in [0.717, 1.165) is 21.3 Å². The van der Waals surface area contributed by atoms with Crippen molar-refractivity contribution in [3.05, 3.63) is 55.9 Å². The van der Waals surface area contributed by atoms with Gasteiger partial charge in [0.15, 0.2) is 0 Å². The Labute approximate surface area is 102 Å². The molecule has 0 radical (unpaired) electrons. The lowest BCUT2D eigenvalue weighted by Gasteiger charge is -2.02. The Morgan fingerprint density at radius 3 is 2.69 bits per heavy atom. The molecule has 0 saturated heterocycles. The van der Waals surface area contributed by atoms with Gasteiger partial charge in [-0.1, -0.05) is 28.1 Å². The van der Waals surface area contributed by atoms with Crippen LogP contribution in [0.15, 0.2) is 33.5 Å². The Hall–Kier alpha value is -1.29. The lowest BCUT2D eigenvalue weighted by molar-refractivity contribution is 0.657. The Bertz CT molecular complexity index is 569. The molecule has 0 aliphatic heterocycles. The summed E-state index contributed by atoms with van der Waals surface area (Å²) in [5.74, 6) is 0. The summed E-state index contributed by atoms with van der Waals surface area (Å²) in [4.78, 5) is 11.8. The molecule has 0 unspecified atom stereocenters. The highest BCUT2D eigenvalue weighted by Gasteiger charge is 2.06. The Morgan fingerprint density at radius 1 is 1.38 bits per heavy atom. The van der Waals surface area contributed by atoms with E-state index in [2.05, 4.69) is 21.0 Å². The van der Waals surface area contributed by atoms with E-state index in [1.165, 1.54) is 0 Å². The monoisotopic (exact) mass is 280 g/mol.